The Morgan fingerprint density at radius 2 is 1.58 bits per heavy atom. The Morgan fingerprint density at radius 1 is 1.08 bits per heavy atom. The first-order valence-corrected chi connectivity index (χ1v) is 5.14. The summed E-state index contributed by atoms with van der Waals surface area (Å²) >= 11 is 0. The monoisotopic (exact) mass is 173 g/mol. The average molecular weight is 173 g/mol. The number of aliphatic hydroxyl groups excluding tert-OH is 1. The van der Waals surface area contributed by atoms with Crippen molar-refractivity contribution in [2.45, 2.75) is 52.1 Å². The highest BCUT2D eigenvalue weighted by Crippen LogP contribution is 2.19. The predicted molar refractivity (Wildman–Crippen MR) is 53.0 cm³/mol. The Kier molecular flexibility index (Phi) is 7.51. The van der Waals surface area contributed by atoms with E-state index in [1.165, 1.54) is 0 Å². The van der Waals surface area contributed by atoms with Gasteiger partial charge in [-0.25, -0.2) is 0 Å². The SMILES string of the molecule is CCCC(CCC)C(O)CCN. The minimum Gasteiger partial charge on any atom is -0.393 e. The minimum absolute atomic E-state index is 0.171. The van der Waals surface area contributed by atoms with E-state index in [2.05, 4.69) is 13.8 Å². The summed E-state index contributed by atoms with van der Waals surface area (Å²) in [5.41, 5.74) is 5.40. The van der Waals surface area contributed by atoms with Crippen molar-refractivity contribution in [3.05, 3.63) is 0 Å². The lowest BCUT2D eigenvalue weighted by Crippen LogP contribution is -2.23. The van der Waals surface area contributed by atoms with Gasteiger partial charge < -0.3 is 10.8 Å². The predicted octanol–water partition coefficient (Wildman–Crippen LogP) is 1.91. The highest BCUT2D eigenvalue weighted by atomic mass is 16.3. The molecule has 3 N–H and O–H groups in total. The summed E-state index contributed by atoms with van der Waals surface area (Å²) in [6, 6.07) is 0. The van der Waals surface area contributed by atoms with Crippen molar-refractivity contribution >= 4 is 0 Å². The molecule has 0 aliphatic carbocycles. The molecule has 0 aliphatic heterocycles. The maximum absolute atomic E-state index is 9.69. The molecule has 0 aromatic heterocycles. The number of hydrogen-bond donors (Lipinski definition) is 2. The van der Waals surface area contributed by atoms with Gasteiger partial charge in [0.1, 0.15) is 0 Å². The van der Waals surface area contributed by atoms with Crippen LogP contribution in [-0.4, -0.2) is 17.8 Å². The smallest absolute Gasteiger partial charge is 0.0580 e. The third kappa shape index (κ3) is 4.73. The van der Waals surface area contributed by atoms with Gasteiger partial charge in [0, 0.05) is 0 Å². The maximum atomic E-state index is 9.69. The number of aliphatic hydroxyl groups is 1. The van der Waals surface area contributed by atoms with Crippen molar-refractivity contribution in [2.75, 3.05) is 6.54 Å². The van der Waals surface area contributed by atoms with Crippen LogP contribution in [0.25, 0.3) is 0 Å². The van der Waals surface area contributed by atoms with E-state index in [1.807, 2.05) is 0 Å². The fourth-order valence-electron chi connectivity index (χ4n) is 1.68. The summed E-state index contributed by atoms with van der Waals surface area (Å²) in [6.45, 7) is 4.93. The molecular weight excluding hydrogens is 150 g/mol. The molecule has 0 radical (unpaired) electrons. The van der Waals surface area contributed by atoms with Crippen molar-refractivity contribution in [3.63, 3.8) is 0 Å². The fourth-order valence-corrected chi connectivity index (χ4v) is 1.68. The zero-order valence-electron chi connectivity index (χ0n) is 8.42. The Balaban J connectivity index is 3.72. The van der Waals surface area contributed by atoms with Crippen LogP contribution in [0.3, 0.4) is 0 Å². The van der Waals surface area contributed by atoms with Crippen LogP contribution in [0.4, 0.5) is 0 Å². The van der Waals surface area contributed by atoms with Crippen LogP contribution in [0, 0.1) is 5.92 Å². The maximum Gasteiger partial charge on any atom is 0.0580 e. The molecule has 2 heteroatoms. The molecule has 0 bridgehead atoms. The van der Waals surface area contributed by atoms with Crippen molar-refractivity contribution in [3.8, 4) is 0 Å². The van der Waals surface area contributed by atoms with Gasteiger partial charge in [-0.15, -0.1) is 0 Å². The molecule has 0 fully saturated rings. The second-order valence-electron chi connectivity index (χ2n) is 3.48. The molecule has 0 spiro atoms. The zero-order valence-corrected chi connectivity index (χ0v) is 8.42. The van der Waals surface area contributed by atoms with E-state index in [0.29, 0.717) is 12.5 Å². The molecule has 0 aliphatic rings. The standard InChI is InChI=1S/C10H23NO/c1-3-5-9(6-4-2)10(12)7-8-11/h9-10,12H,3-8,11H2,1-2H3. The molecule has 0 amide bonds. The van der Waals surface area contributed by atoms with Gasteiger partial charge in [0.05, 0.1) is 6.10 Å². The van der Waals surface area contributed by atoms with E-state index in [1.54, 1.807) is 0 Å². The van der Waals surface area contributed by atoms with Crippen LogP contribution in [0.2, 0.25) is 0 Å². The van der Waals surface area contributed by atoms with E-state index in [9.17, 15) is 5.11 Å². The summed E-state index contributed by atoms with van der Waals surface area (Å²) in [7, 11) is 0. The molecule has 1 atom stereocenters. The fraction of sp³-hybridized carbons (Fsp3) is 1.00. The second-order valence-corrected chi connectivity index (χ2v) is 3.48. The second kappa shape index (κ2) is 7.56. The number of nitrogens with two attached hydrogens (primary N) is 1. The summed E-state index contributed by atoms with van der Waals surface area (Å²) in [6.07, 6.45) is 5.17. The summed E-state index contributed by atoms with van der Waals surface area (Å²) in [5.74, 6) is 0.476. The van der Waals surface area contributed by atoms with Gasteiger partial charge in [-0.1, -0.05) is 26.7 Å². The summed E-state index contributed by atoms with van der Waals surface area (Å²) < 4.78 is 0. The molecule has 0 aromatic rings. The van der Waals surface area contributed by atoms with Crippen molar-refractivity contribution in [1.82, 2.24) is 0 Å². The van der Waals surface area contributed by atoms with Gasteiger partial charge in [-0.05, 0) is 31.7 Å². The lowest BCUT2D eigenvalue weighted by Gasteiger charge is -2.21. The van der Waals surface area contributed by atoms with E-state index in [4.69, 9.17) is 5.73 Å². The van der Waals surface area contributed by atoms with Crippen LogP contribution >= 0.6 is 0 Å². The van der Waals surface area contributed by atoms with Gasteiger partial charge in [0.15, 0.2) is 0 Å². The molecule has 0 aromatic carbocycles. The largest absolute Gasteiger partial charge is 0.393 e. The Morgan fingerprint density at radius 3 is 1.92 bits per heavy atom. The lowest BCUT2D eigenvalue weighted by molar-refractivity contribution is 0.0902. The zero-order chi connectivity index (χ0) is 9.40. The van der Waals surface area contributed by atoms with Crippen LogP contribution in [0.15, 0.2) is 0 Å². The highest BCUT2D eigenvalue weighted by Gasteiger charge is 2.15. The number of hydrogen-bond acceptors (Lipinski definition) is 2. The molecule has 0 heterocycles. The minimum atomic E-state index is -0.171. The molecule has 12 heavy (non-hydrogen) atoms. The quantitative estimate of drug-likeness (QED) is 0.618. The normalized spacial score (nSPS) is 13.8. The Bertz CT molecular complexity index is 89.8. The number of rotatable bonds is 7. The van der Waals surface area contributed by atoms with Crippen molar-refractivity contribution in [2.24, 2.45) is 11.7 Å². The Hall–Kier alpha value is -0.0800. The first-order valence-electron chi connectivity index (χ1n) is 5.14. The van der Waals surface area contributed by atoms with E-state index < -0.39 is 0 Å². The van der Waals surface area contributed by atoms with Crippen LogP contribution in [-0.2, 0) is 0 Å². The van der Waals surface area contributed by atoms with Crippen molar-refractivity contribution in [1.29, 1.82) is 0 Å². The first kappa shape index (κ1) is 11.9. The molecule has 0 saturated heterocycles. The lowest BCUT2D eigenvalue weighted by atomic mass is 9.91. The molecular formula is C10H23NO. The molecule has 0 saturated carbocycles. The van der Waals surface area contributed by atoms with E-state index in [0.717, 1.165) is 32.1 Å². The highest BCUT2D eigenvalue weighted by molar-refractivity contribution is 4.68. The van der Waals surface area contributed by atoms with Gasteiger partial charge in [-0.3, -0.25) is 0 Å². The van der Waals surface area contributed by atoms with Crippen LogP contribution < -0.4 is 5.73 Å². The van der Waals surface area contributed by atoms with E-state index >= 15 is 0 Å². The van der Waals surface area contributed by atoms with Gasteiger partial charge in [-0.2, -0.15) is 0 Å². The average Bonchev–Trinajstić information content (AvgIpc) is 2.04. The summed E-state index contributed by atoms with van der Waals surface area (Å²) in [4.78, 5) is 0. The van der Waals surface area contributed by atoms with Crippen molar-refractivity contribution < 1.29 is 5.11 Å². The van der Waals surface area contributed by atoms with Crippen LogP contribution in [0.5, 0.6) is 0 Å². The van der Waals surface area contributed by atoms with Gasteiger partial charge in [0.2, 0.25) is 0 Å². The topological polar surface area (TPSA) is 46.2 Å². The van der Waals surface area contributed by atoms with Gasteiger partial charge in [0.25, 0.3) is 0 Å². The third-order valence-electron chi connectivity index (χ3n) is 2.33. The molecule has 74 valence electrons. The summed E-state index contributed by atoms with van der Waals surface area (Å²) in [5, 5.41) is 9.69. The van der Waals surface area contributed by atoms with Crippen LogP contribution in [0.1, 0.15) is 46.0 Å². The van der Waals surface area contributed by atoms with E-state index in [-0.39, 0.29) is 6.10 Å². The Labute approximate surface area is 76.2 Å². The first-order chi connectivity index (χ1) is 5.76. The van der Waals surface area contributed by atoms with Gasteiger partial charge >= 0.3 is 0 Å². The molecule has 1 unspecified atom stereocenters. The third-order valence-corrected chi connectivity index (χ3v) is 2.33. The molecule has 0 rings (SSSR count). The molecule has 2 nitrogen and oxygen atoms in total.